The van der Waals surface area contributed by atoms with Crippen LogP contribution in [0, 0.1) is 0 Å². The van der Waals surface area contributed by atoms with E-state index in [0.717, 1.165) is 14.0 Å². The molecule has 3 aliphatic heterocycles. The molecule has 0 radical (unpaired) electrons. The first-order chi connectivity index (χ1) is 17.8. The van der Waals surface area contributed by atoms with Gasteiger partial charge in [-0.05, 0) is 0 Å². The molecular formula is C30H26NO4Sb. The van der Waals surface area contributed by atoms with Crippen LogP contribution in [-0.2, 0) is 17.5 Å². The fraction of sp³-hybridized carbons (Fsp3) is 0.133. The molecule has 0 amide bonds. The van der Waals surface area contributed by atoms with Gasteiger partial charge in [-0.15, -0.1) is 0 Å². The van der Waals surface area contributed by atoms with Crippen molar-refractivity contribution in [3.63, 3.8) is 0 Å². The predicted octanol–water partition coefficient (Wildman–Crippen LogP) is 2.70. The van der Waals surface area contributed by atoms with Gasteiger partial charge >= 0.3 is 213 Å². The average molecular weight is 586 g/mol. The van der Waals surface area contributed by atoms with Crippen molar-refractivity contribution in [3.05, 3.63) is 133 Å². The Labute approximate surface area is 212 Å². The summed E-state index contributed by atoms with van der Waals surface area (Å²) in [5.41, 5.74) is 0. The van der Waals surface area contributed by atoms with Crippen LogP contribution in [0.4, 0.5) is 0 Å². The van der Waals surface area contributed by atoms with E-state index in [0.29, 0.717) is 0 Å². The molecule has 3 heterocycles. The van der Waals surface area contributed by atoms with E-state index >= 15 is 0 Å². The monoisotopic (exact) mass is 585 g/mol. The maximum absolute atomic E-state index is 7.40. The molecule has 36 heavy (non-hydrogen) atoms. The number of benzene rings is 4. The third-order valence-electron chi connectivity index (χ3n) is 7.42. The molecule has 0 N–H and O–H groups in total. The van der Waals surface area contributed by atoms with Gasteiger partial charge in [0.05, 0.1) is 0 Å². The molecule has 4 atom stereocenters. The molecular weight excluding hydrogens is 560 g/mol. The van der Waals surface area contributed by atoms with Crippen LogP contribution < -0.4 is 14.0 Å². The molecule has 0 aliphatic carbocycles. The molecule has 4 aromatic carbocycles. The van der Waals surface area contributed by atoms with Crippen molar-refractivity contribution in [1.29, 1.82) is 0 Å². The SMILES string of the molecule is C1=CC2OC1C1ON([O][Sb]([c]3ccccc3)([c]3ccccc3)([c]3ccccc3)[c]3ccccc3)OC21. The summed E-state index contributed by atoms with van der Waals surface area (Å²) in [4.78, 5) is 12.7. The topological polar surface area (TPSA) is 40.2 Å². The van der Waals surface area contributed by atoms with Gasteiger partial charge in [-0.1, -0.05) is 0 Å². The zero-order valence-corrected chi connectivity index (χ0v) is 22.1. The first kappa shape index (κ1) is 22.4. The van der Waals surface area contributed by atoms with Crippen LogP contribution in [0.2, 0.25) is 0 Å². The summed E-state index contributed by atoms with van der Waals surface area (Å²) >= 11 is -5.11. The first-order valence-corrected chi connectivity index (χ1v) is 18.4. The Kier molecular flexibility index (Phi) is 5.40. The minimum atomic E-state index is -5.11. The zero-order valence-electron chi connectivity index (χ0n) is 19.5. The molecule has 6 heteroatoms. The van der Waals surface area contributed by atoms with E-state index in [4.69, 9.17) is 17.5 Å². The van der Waals surface area contributed by atoms with Crippen molar-refractivity contribution in [2.24, 2.45) is 0 Å². The number of nitrogens with zero attached hydrogens (tertiary/aromatic N) is 1. The third-order valence-corrected chi connectivity index (χ3v) is 23.4. The molecule has 2 bridgehead atoms. The van der Waals surface area contributed by atoms with E-state index in [1.807, 2.05) is 36.4 Å². The van der Waals surface area contributed by atoms with Gasteiger partial charge in [0.25, 0.3) is 0 Å². The van der Waals surface area contributed by atoms with E-state index in [1.54, 1.807) is 0 Å². The molecule has 0 aromatic heterocycles. The summed E-state index contributed by atoms with van der Waals surface area (Å²) in [5, 5.41) is 1.31. The van der Waals surface area contributed by atoms with Crippen LogP contribution >= 0.6 is 0 Å². The van der Waals surface area contributed by atoms with Crippen molar-refractivity contribution in [2.45, 2.75) is 24.4 Å². The number of hydrogen-bond acceptors (Lipinski definition) is 5. The van der Waals surface area contributed by atoms with Gasteiger partial charge in [-0.2, -0.15) is 0 Å². The summed E-state index contributed by atoms with van der Waals surface area (Å²) in [6, 6.07) is 42.3. The van der Waals surface area contributed by atoms with Crippen molar-refractivity contribution in [2.75, 3.05) is 0 Å². The standard InChI is InChI=1S/C6H6NO4.4C6H5.Sb/c8-7-10-5-3-1-2-4(9-3)6(5)11-7;4*1-2-4-6-5-3-1;/h1-6H;4*1-5H;/q-1;;;;;+1. The van der Waals surface area contributed by atoms with Crippen molar-refractivity contribution in [1.82, 2.24) is 5.39 Å². The van der Waals surface area contributed by atoms with Crippen LogP contribution in [0.15, 0.2) is 133 Å². The Morgan fingerprint density at radius 1 is 0.500 bits per heavy atom. The first-order valence-electron chi connectivity index (χ1n) is 12.2. The summed E-state index contributed by atoms with van der Waals surface area (Å²) in [6.07, 6.45) is 3.36. The molecule has 180 valence electrons. The van der Waals surface area contributed by atoms with Crippen LogP contribution in [0.1, 0.15) is 0 Å². The Bertz CT molecular complexity index is 1190. The van der Waals surface area contributed by atoms with E-state index in [1.165, 1.54) is 5.39 Å². The van der Waals surface area contributed by atoms with Gasteiger partial charge in [-0.3, -0.25) is 0 Å². The minimum absolute atomic E-state index is 0.130. The Morgan fingerprint density at radius 3 is 1.17 bits per heavy atom. The Hall–Kier alpha value is -2.76. The van der Waals surface area contributed by atoms with Crippen LogP contribution in [0.3, 0.4) is 0 Å². The van der Waals surface area contributed by atoms with Gasteiger partial charge in [0.15, 0.2) is 0 Å². The van der Waals surface area contributed by atoms with Crippen LogP contribution in [0.5, 0.6) is 0 Å². The number of ether oxygens (including phenoxy) is 1. The third kappa shape index (κ3) is 3.08. The molecule has 2 saturated heterocycles. The van der Waals surface area contributed by atoms with Gasteiger partial charge in [-0.25, -0.2) is 0 Å². The Morgan fingerprint density at radius 2 is 0.833 bits per heavy atom. The van der Waals surface area contributed by atoms with E-state index in [-0.39, 0.29) is 24.4 Å². The van der Waals surface area contributed by atoms with E-state index in [9.17, 15) is 0 Å². The quantitative estimate of drug-likeness (QED) is 0.257. The fourth-order valence-electron chi connectivity index (χ4n) is 5.81. The summed E-state index contributed by atoms with van der Waals surface area (Å²) in [6.45, 7) is 0. The molecule has 3 aliphatic rings. The van der Waals surface area contributed by atoms with Gasteiger partial charge in [0.1, 0.15) is 0 Å². The van der Waals surface area contributed by atoms with Gasteiger partial charge in [0.2, 0.25) is 0 Å². The molecule has 4 unspecified atom stereocenters. The van der Waals surface area contributed by atoms with Crippen molar-refractivity contribution < 1.29 is 17.5 Å². The van der Waals surface area contributed by atoms with E-state index in [2.05, 4.69) is 97.1 Å². The predicted molar refractivity (Wildman–Crippen MR) is 141 cm³/mol. The fourth-order valence-corrected chi connectivity index (χ4v) is 21.4. The zero-order chi connectivity index (χ0) is 24.0. The Balaban J connectivity index is 1.53. The summed E-state index contributed by atoms with van der Waals surface area (Å²) < 4.78 is 17.8. The molecule has 7 rings (SSSR count). The maximum atomic E-state index is 7.40. The van der Waals surface area contributed by atoms with Crippen LogP contribution in [-0.4, -0.2) is 47.6 Å². The number of fused-ring (bicyclic) bond motifs is 5. The van der Waals surface area contributed by atoms with E-state index < -0.39 is 17.8 Å². The molecule has 5 nitrogen and oxygen atoms in total. The summed E-state index contributed by atoms with van der Waals surface area (Å²) in [5.74, 6) is 0. The average Bonchev–Trinajstić information content (AvgIpc) is 3.68. The van der Waals surface area contributed by atoms with Gasteiger partial charge < -0.3 is 0 Å². The second-order valence-corrected chi connectivity index (χ2v) is 21.5. The molecule has 4 aromatic rings. The number of hydrogen-bond donors (Lipinski definition) is 0. The normalized spacial score (nSPS) is 25.9. The molecule has 2 fully saturated rings. The second-order valence-electron chi connectivity index (χ2n) is 9.27. The van der Waals surface area contributed by atoms with Crippen molar-refractivity contribution >= 4 is 31.9 Å². The van der Waals surface area contributed by atoms with Crippen molar-refractivity contribution in [3.8, 4) is 0 Å². The molecule has 0 saturated carbocycles. The molecule has 0 spiro atoms. The van der Waals surface area contributed by atoms with Gasteiger partial charge in [0, 0.05) is 0 Å². The summed E-state index contributed by atoms with van der Waals surface area (Å²) in [7, 11) is 0. The van der Waals surface area contributed by atoms with Crippen LogP contribution in [0.25, 0.3) is 0 Å². The number of rotatable bonds is 6. The second kappa shape index (κ2) is 8.67.